The largest absolute Gasteiger partial charge is 0.292 e. The Balaban J connectivity index is 1.84. The van der Waals surface area contributed by atoms with E-state index < -0.39 is 0 Å². The number of amides is 2. The number of thiazole rings is 1. The third kappa shape index (κ3) is 2.02. The molecule has 3 aromatic rings. The van der Waals surface area contributed by atoms with Crippen molar-refractivity contribution < 1.29 is 9.59 Å². The fourth-order valence-corrected chi connectivity index (χ4v) is 3.46. The lowest BCUT2D eigenvalue weighted by Crippen LogP contribution is -2.37. The lowest BCUT2D eigenvalue weighted by molar-refractivity contribution is -0.119. The summed E-state index contributed by atoms with van der Waals surface area (Å²) in [5.74, 6) is -0.578. The summed E-state index contributed by atoms with van der Waals surface area (Å²) in [7, 11) is 0. The Morgan fingerprint density at radius 3 is 2.81 bits per heavy atom. The first kappa shape index (κ1) is 12.2. The van der Waals surface area contributed by atoms with Gasteiger partial charge in [-0.25, -0.2) is 4.98 Å². The number of carbonyl (C=O) groups is 2. The van der Waals surface area contributed by atoms with Crippen molar-refractivity contribution in [2.24, 2.45) is 0 Å². The van der Waals surface area contributed by atoms with Crippen LogP contribution in [-0.2, 0) is 11.2 Å². The summed E-state index contributed by atoms with van der Waals surface area (Å²) in [6, 6.07) is 13.5. The minimum absolute atomic E-state index is 0.236. The van der Waals surface area contributed by atoms with E-state index in [9.17, 15) is 9.59 Å². The fraction of sp³-hybridized carbons (Fsp3) is 0.0625. The van der Waals surface area contributed by atoms with Crippen molar-refractivity contribution in [3.63, 3.8) is 0 Å². The van der Waals surface area contributed by atoms with Gasteiger partial charge in [0.15, 0.2) is 0 Å². The van der Waals surface area contributed by atoms with Crippen LogP contribution in [0, 0.1) is 0 Å². The van der Waals surface area contributed by atoms with E-state index in [1.807, 2.05) is 36.4 Å². The molecule has 5 heteroatoms. The van der Waals surface area contributed by atoms with Crippen LogP contribution >= 0.6 is 11.3 Å². The zero-order valence-electron chi connectivity index (χ0n) is 10.9. The van der Waals surface area contributed by atoms with E-state index >= 15 is 0 Å². The van der Waals surface area contributed by atoms with Crippen LogP contribution in [0.1, 0.15) is 15.9 Å². The second kappa shape index (κ2) is 4.49. The molecule has 0 radical (unpaired) electrons. The van der Waals surface area contributed by atoms with Crippen molar-refractivity contribution in [2.75, 3.05) is 0 Å². The molecule has 0 spiro atoms. The van der Waals surface area contributed by atoms with E-state index in [0.29, 0.717) is 5.56 Å². The summed E-state index contributed by atoms with van der Waals surface area (Å²) in [5, 5.41) is 3.23. The lowest BCUT2D eigenvalue weighted by Gasteiger charge is -2.15. The fourth-order valence-electron chi connectivity index (χ4n) is 2.50. The van der Waals surface area contributed by atoms with Gasteiger partial charge < -0.3 is 0 Å². The molecule has 0 atom stereocenters. The molecule has 1 aliphatic heterocycles. The average molecular weight is 294 g/mol. The number of para-hydroxylation sites is 1. The van der Waals surface area contributed by atoms with Crippen LogP contribution in [0.15, 0.2) is 42.5 Å². The molecule has 2 amide bonds. The third-order valence-electron chi connectivity index (χ3n) is 3.49. The molecule has 0 saturated heterocycles. The van der Waals surface area contributed by atoms with Crippen LogP contribution in [0.2, 0.25) is 0 Å². The van der Waals surface area contributed by atoms with Crippen LogP contribution in [0.25, 0.3) is 20.8 Å². The van der Waals surface area contributed by atoms with Gasteiger partial charge in [-0.2, -0.15) is 0 Å². The highest BCUT2D eigenvalue weighted by atomic mass is 32.1. The summed E-state index contributed by atoms with van der Waals surface area (Å²) < 4.78 is 1.12. The summed E-state index contributed by atoms with van der Waals surface area (Å²) in [4.78, 5) is 27.8. The second-order valence-electron chi connectivity index (χ2n) is 4.91. The Labute approximate surface area is 124 Å². The summed E-state index contributed by atoms with van der Waals surface area (Å²) >= 11 is 1.61. The molecule has 2 heterocycles. The van der Waals surface area contributed by atoms with Gasteiger partial charge in [-0.1, -0.05) is 18.2 Å². The number of nitrogens with one attached hydrogen (secondary N) is 1. The number of imide groups is 1. The first-order valence-electron chi connectivity index (χ1n) is 6.54. The molecule has 2 aromatic carbocycles. The molecule has 0 saturated carbocycles. The maximum Gasteiger partial charge on any atom is 0.258 e. The van der Waals surface area contributed by atoms with Gasteiger partial charge in [0.05, 0.1) is 16.6 Å². The lowest BCUT2D eigenvalue weighted by atomic mass is 9.97. The van der Waals surface area contributed by atoms with E-state index in [0.717, 1.165) is 26.4 Å². The van der Waals surface area contributed by atoms with Crippen LogP contribution in [0.3, 0.4) is 0 Å². The van der Waals surface area contributed by atoms with Crippen molar-refractivity contribution in [2.45, 2.75) is 6.42 Å². The highest BCUT2D eigenvalue weighted by Gasteiger charge is 2.22. The Morgan fingerprint density at radius 2 is 1.95 bits per heavy atom. The maximum absolute atomic E-state index is 11.7. The number of fused-ring (bicyclic) bond motifs is 2. The van der Waals surface area contributed by atoms with Crippen molar-refractivity contribution in [1.82, 2.24) is 10.3 Å². The van der Waals surface area contributed by atoms with Crippen molar-refractivity contribution in [3.8, 4) is 10.6 Å². The molecular formula is C16H10N2O2S. The van der Waals surface area contributed by atoms with Crippen molar-refractivity contribution in [1.29, 1.82) is 0 Å². The molecule has 0 bridgehead atoms. The SMILES string of the molecule is O=C1Cc2cc(-c3nc4ccccc4s3)ccc2C(=O)N1. The summed E-state index contributed by atoms with van der Waals surface area (Å²) in [6.45, 7) is 0. The molecule has 1 aromatic heterocycles. The van der Waals surface area contributed by atoms with Crippen LogP contribution in [0.4, 0.5) is 0 Å². The number of hydrogen-bond donors (Lipinski definition) is 1. The zero-order chi connectivity index (χ0) is 14.4. The van der Waals surface area contributed by atoms with Crippen LogP contribution in [-0.4, -0.2) is 16.8 Å². The predicted octanol–water partition coefficient (Wildman–Crippen LogP) is 2.78. The quantitative estimate of drug-likeness (QED) is 0.702. The highest BCUT2D eigenvalue weighted by molar-refractivity contribution is 7.21. The minimum Gasteiger partial charge on any atom is -0.292 e. The molecular weight excluding hydrogens is 284 g/mol. The molecule has 1 N–H and O–H groups in total. The molecule has 4 rings (SSSR count). The van der Waals surface area contributed by atoms with Crippen molar-refractivity contribution >= 4 is 33.4 Å². The van der Waals surface area contributed by atoms with E-state index in [2.05, 4.69) is 10.3 Å². The van der Waals surface area contributed by atoms with E-state index in [4.69, 9.17) is 0 Å². The van der Waals surface area contributed by atoms with Crippen molar-refractivity contribution in [3.05, 3.63) is 53.6 Å². The summed E-state index contributed by atoms with van der Waals surface area (Å²) in [6.07, 6.45) is 0.236. The van der Waals surface area contributed by atoms with Gasteiger partial charge in [0, 0.05) is 11.1 Å². The molecule has 21 heavy (non-hydrogen) atoms. The molecule has 0 unspecified atom stereocenters. The van der Waals surface area contributed by atoms with Gasteiger partial charge in [0.25, 0.3) is 5.91 Å². The first-order valence-corrected chi connectivity index (χ1v) is 7.35. The average Bonchev–Trinajstić information content (AvgIpc) is 2.90. The second-order valence-corrected chi connectivity index (χ2v) is 5.94. The minimum atomic E-state index is -0.322. The number of rotatable bonds is 1. The van der Waals surface area contributed by atoms with Gasteiger partial charge in [-0.05, 0) is 29.8 Å². The molecule has 1 aliphatic rings. The number of carbonyl (C=O) groups excluding carboxylic acids is 2. The molecule has 0 fully saturated rings. The third-order valence-corrected chi connectivity index (χ3v) is 4.58. The highest BCUT2D eigenvalue weighted by Crippen LogP contribution is 2.31. The van der Waals surface area contributed by atoms with Gasteiger partial charge in [-0.3, -0.25) is 14.9 Å². The number of nitrogens with zero attached hydrogens (tertiary/aromatic N) is 1. The topological polar surface area (TPSA) is 59.1 Å². The normalized spacial score (nSPS) is 14.1. The van der Waals surface area contributed by atoms with E-state index in [1.165, 1.54) is 0 Å². The maximum atomic E-state index is 11.7. The Bertz CT molecular complexity index is 865. The summed E-state index contributed by atoms with van der Waals surface area (Å²) in [5.41, 5.74) is 3.24. The van der Waals surface area contributed by atoms with Gasteiger partial charge in [0.1, 0.15) is 5.01 Å². The zero-order valence-corrected chi connectivity index (χ0v) is 11.7. The molecule has 0 aliphatic carbocycles. The van der Waals surface area contributed by atoms with Gasteiger partial charge in [-0.15, -0.1) is 11.3 Å². The Hall–Kier alpha value is -2.53. The number of hydrogen-bond acceptors (Lipinski definition) is 4. The number of benzene rings is 2. The smallest absolute Gasteiger partial charge is 0.258 e. The van der Waals surface area contributed by atoms with Gasteiger partial charge in [0.2, 0.25) is 5.91 Å². The van der Waals surface area contributed by atoms with E-state index in [1.54, 1.807) is 17.4 Å². The van der Waals surface area contributed by atoms with Crippen LogP contribution in [0.5, 0.6) is 0 Å². The molecule has 102 valence electrons. The van der Waals surface area contributed by atoms with E-state index in [-0.39, 0.29) is 18.2 Å². The Kier molecular flexibility index (Phi) is 2.62. The monoisotopic (exact) mass is 294 g/mol. The van der Waals surface area contributed by atoms with Gasteiger partial charge >= 0.3 is 0 Å². The number of aromatic nitrogens is 1. The standard InChI is InChI=1S/C16H10N2O2S/c19-14-8-10-7-9(5-6-11(10)15(20)18-14)16-17-12-3-1-2-4-13(12)21-16/h1-7H,8H2,(H,18,19,20). The molecule has 4 nitrogen and oxygen atoms in total. The predicted molar refractivity (Wildman–Crippen MR) is 81.2 cm³/mol. The Morgan fingerprint density at radius 1 is 1.10 bits per heavy atom. The first-order chi connectivity index (χ1) is 10.2. The van der Waals surface area contributed by atoms with Crippen LogP contribution < -0.4 is 5.32 Å².